The summed E-state index contributed by atoms with van der Waals surface area (Å²) in [5.41, 5.74) is 0. The summed E-state index contributed by atoms with van der Waals surface area (Å²) < 4.78 is 27.5. The van der Waals surface area contributed by atoms with Gasteiger partial charge < -0.3 is 4.74 Å². The number of hydrogen-bond acceptors (Lipinski definition) is 3. The van der Waals surface area contributed by atoms with Crippen molar-refractivity contribution in [3.8, 4) is 0 Å². The third-order valence-corrected chi connectivity index (χ3v) is 4.88. The van der Waals surface area contributed by atoms with Crippen LogP contribution in [0.1, 0.15) is 64.7 Å². The van der Waals surface area contributed by atoms with Crippen LogP contribution in [-0.4, -0.2) is 26.9 Å². The van der Waals surface area contributed by atoms with E-state index in [1.807, 2.05) is 0 Å². The molecule has 0 spiro atoms. The van der Waals surface area contributed by atoms with Crippen LogP contribution in [-0.2, 0) is 14.8 Å². The summed E-state index contributed by atoms with van der Waals surface area (Å²) >= 11 is 0. The van der Waals surface area contributed by atoms with Gasteiger partial charge in [-0.2, -0.15) is 0 Å². The van der Waals surface area contributed by atoms with Gasteiger partial charge in [0.2, 0.25) is 10.0 Å². The normalized spacial score (nSPS) is 24.5. The number of rotatable bonds is 9. The molecule has 0 radical (unpaired) electrons. The van der Waals surface area contributed by atoms with Gasteiger partial charge in [0.25, 0.3) is 0 Å². The Kier molecular flexibility index (Phi) is 7.95. The standard InChI is InChI=1S/C14H29NO3S/c1-2-13-9-5-6-10-14(13)18-11-7-3-4-8-12-19(15,16)17/h13-14H,2-12H2,1H3,(H2,15,16,17). The van der Waals surface area contributed by atoms with E-state index in [9.17, 15) is 8.42 Å². The molecule has 0 amide bonds. The molecule has 1 saturated carbocycles. The first-order valence-corrected chi connectivity index (χ1v) is 9.36. The number of nitrogens with two attached hydrogens (primary N) is 1. The van der Waals surface area contributed by atoms with Gasteiger partial charge in [-0.05, 0) is 31.6 Å². The maximum absolute atomic E-state index is 10.7. The SMILES string of the molecule is CCC1CCCCC1OCCCCCCS(N)(=O)=O. The molecule has 1 aliphatic rings. The van der Waals surface area contributed by atoms with Crippen molar-refractivity contribution in [2.45, 2.75) is 70.8 Å². The quantitative estimate of drug-likeness (QED) is 0.664. The largest absolute Gasteiger partial charge is 0.378 e. The Labute approximate surface area is 118 Å². The maximum Gasteiger partial charge on any atom is 0.209 e. The fraction of sp³-hybridized carbons (Fsp3) is 1.00. The van der Waals surface area contributed by atoms with Gasteiger partial charge in [-0.3, -0.25) is 0 Å². The number of unbranched alkanes of at least 4 members (excludes halogenated alkanes) is 3. The van der Waals surface area contributed by atoms with Gasteiger partial charge in [0.05, 0.1) is 11.9 Å². The van der Waals surface area contributed by atoms with Crippen LogP contribution in [0.5, 0.6) is 0 Å². The van der Waals surface area contributed by atoms with Gasteiger partial charge >= 0.3 is 0 Å². The highest BCUT2D eigenvalue weighted by molar-refractivity contribution is 7.89. The Morgan fingerprint density at radius 2 is 1.79 bits per heavy atom. The fourth-order valence-electron chi connectivity index (χ4n) is 2.85. The van der Waals surface area contributed by atoms with E-state index >= 15 is 0 Å². The Morgan fingerprint density at radius 3 is 2.47 bits per heavy atom. The number of primary sulfonamides is 1. The molecule has 2 atom stereocenters. The van der Waals surface area contributed by atoms with Gasteiger partial charge in [0.15, 0.2) is 0 Å². The third kappa shape index (κ3) is 7.90. The summed E-state index contributed by atoms with van der Waals surface area (Å²) in [7, 11) is -3.28. The molecule has 0 aromatic carbocycles. The molecule has 0 aromatic rings. The van der Waals surface area contributed by atoms with Gasteiger partial charge in [0, 0.05) is 6.61 Å². The molecule has 0 heterocycles. The van der Waals surface area contributed by atoms with Crippen molar-refractivity contribution >= 4 is 10.0 Å². The van der Waals surface area contributed by atoms with Crippen LogP contribution in [0.3, 0.4) is 0 Å². The first-order chi connectivity index (χ1) is 9.03. The number of hydrogen-bond donors (Lipinski definition) is 1. The van der Waals surface area contributed by atoms with Crippen LogP contribution in [0, 0.1) is 5.92 Å². The van der Waals surface area contributed by atoms with Crippen LogP contribution in [0.4, 0.5) is 0 Å². The zero-order valence-electron chi connectivity index (χ0n) is 12.1. The summed E-state index contributed by atoms with van der Waals surface area (Å²) in [4.78, 5) is 0. The van der Waals surface area contributed by atoms with Crippen molar-refractivity contribution in [3.05, 3.63) is 0 Å². The van der Waals surface area contributed by atoms with Crippen molar-refractivity contribution in [1.29, 1.82) is 0 Å². The summed E-state index contributed by atoms with van der Waals surface area (Å²) in [5, 5.41) is 4.95. The van der Waals surface area contributed by atoms with Crippen LogP contribution < -0.4 is 5.14 Å². The van der Waals surface area contributed by atoms with E-state index in [4.69, 9.17) is 9.88 Å². The second-order valence-electron chi connectivity index (χ2n) is 5.64. The number of ether oxygens (including phenoxy) is 1. The second kappa shape index (κ2) is 8.93. The predicted octanol–water partition coefficient (Wildman–Crippen LogP) is 2.82. The van der Waals surface area contributed by atoms with Crippen molar-refractivity contribution in [3.63, 3.8) is 0 Å². The van der Waals surface area contributed by atoms with E-state index in [0.29, 0.717) is 12.5 Å². The Morgan fingerprint density at radius 1 is 1.11 bits per heavy atom. The summed E-state index contributed by atoms with van der Waals surface area (Å²) in [5.74, 6) is 0.852. The van der Waals surface area contributed by atoms with E-state index in [1.165, 1.54) is 32.1 Å². The van der Waals surface area contributed by atoms with E-state index in [0.717, 1.165) is 31.8 Å². The summed E-state index contributed by atoms with van der Waals surface area (Å²) in [6, 6.07) is 0. The molecular formula is C14H29NO3S. The lowest BCUT2D eigenvalue weighted by atomic mass is 9.85. The molecule has 1 rings (SSSR count). The molecule has 0 aliphatic heterocycles. The van der Waals surface area contributed by atoms with Gasteiger partial charge in [0.1, 0.15) is 0 Å². The highest BCUT2D eigenvalue weighted by Gasteiger charge is 2.23. The third-order valence-electron chi connectivity index (χ3n) is 4.02. The zero-order valence-corrected chi connectivity index (χ0v) is 13.0. The Bertz CT molecular complexity index is 330. The molecule has 1 fully saturated rings. The average molecular weight is 291 g/mol. The van der Waals surface area contributed by atoms with Crippen molar-refractivity contribution in [1.82, 2.24) is 0 Å². The second-order valence-corrected chi connectivity index (χ2v) is 7.38. The monoisotopic (exact) mass is 291 g/mol. The molecule has 2 N–H and O–H groups in total. The van der Waals surface area contributed by atoms with E-state index in [-0.39, 0.29) is 5.75 Å². The van der Waals surface area contributed by atoms with Crippen LogP contribution in [0.15, 0.2) is 0 Å². The minimum absolute atomic E-state index is 0.106. The molecule has 2 unspecified atom stereocenters. The van der Waals surface area contributed by atoms with Crippen LogP contribution in [0.2, 0.25) is 0 Å². The summed E-state index contributed by atoms with van der Waals surface area (Å²) in [6.45, 7) is 3.07. The molecule has 114 valence electrons. The van der Waals surface area contributed by atoms with Crippen molar-refractivity contribution in [2.24, 2.45) is 11.1 Å². The van der Waals surface area contributed by atoms with Gasteiger partial charge in [-0.15, -0.1) is 0 Å². The maximum atomic E-state index is 10.7. The Hall–Kier alpha value is -0.130. The minimum atomic E-state index is -3.28. The highest BCUT2D eigenvalue weighted by atomic mass is 32.2. The molecule has 4 nitrogen and oxygen atoms in total. The van der Waals surface area contributed by atoms with Crippen molar-refractivity contribution < 1.29 is 13.2 Å². The molecular weight excluding hydrogens is 262 g/mol. The minimum Gasteiger partial charge on any atom is -0.378 e. The predicted molar refractivity (Wildman–Crippen MR) is 78.4 cm³/mol. The topological polar surface area (TPSA) is 69.4 Å². The lowest BCUT2D eigenvalue weighted by Gasteiger charge is -2.30. The first kappa shape index (κ1) is 16.9. The lowest BCUT2D eigenvalue weighted by Crippen LogP contribution is -2.27. The molecule has 0 bridgehead atoms. The van der Waals surface area contributed by atoms with E-state index < -0.39 is 10.0 Å². The Balaban J connectivity index is 2.01. The smallest absolute Gasteiger partial charge is 0.209 e. The van der Waals surface area contributed by atoms with Gasteiger partial charge in [-0.1, -0.05) is 39.0 Å². The molecule has 19 heavy (non-hydrogen) atoms. The average Bonchev–Trinajstić information content (AvgIpc) is 2.37. The zero-order chi connectivity index (χ0) is 14.1. The van der Waals surface area contributed by atoms with Crippen LogP contribution >= 0.6 is 0 Å². The lowest BCUT2D eigenvalue weighted by molar-refractivity contribution is -0.0135. The van der Waals surface area contributed by atoms with Gasteiger partial charge in [-0.25, -0.2) is 13.6 Å². The molecule has 1 aliphatic carbocycles. The summed E-state index contributed by atoms with van der Waals surface area (Å²) in [6.07, 6.45) is 10.5. The fourth-order valence-corrected chi connectivity index (χ4v) is 3.46. The van der Waals surface area contributed by atoms with E-state index in [2.05, 4.69) is 6.92 Å². The highest BCUT2D eigenvalue weighted by Crippen LogP contribution is 2.29. The number of sulfonamides is 1. The molecule has 0 saturated heterocycles. The van der Waals surface area contributed by atoms with Crippen molar-refractivity contribution in [2.75, 3.05) is 12.4 Å². The van der Waals surface area contributed by atoms with E-state index in [1.54, 1.807) is 0 Å². The first-order valence-electron chi connectivity index (χ1n) is 7.65. The van der Waals surface area contributed by atoms with Crippen LogP contribution in [0.25, 0.3) is 0 Å². The molecule has 0 aromatic heterocycles. The molecule has 5 heteroatoms.